The molecule has 1 aromatic rings. The molecule has 0 atom stereocenters. The number of carbonyl (C=O) groups is 1. The van der Waals surface area contributed by atoms with E-state index in [9.17, 15) is 4.79 Å². The van der Waals surface area contributed by atoms with Crippen molar-refractivity contribution >= 4 is 17.2 Å². The third-order valence-corrected chi connectivity index (χ3v) is 3.10. The maximum absolute atomic E-state index is 11.6. The Morgan fingerprint density at radius 1 is 1.57 bits per heavy atom. The first-order chi connectivity index (χ1) is 6.86. The number of aromatic nitrogens is 1. The van der Waals surface area contributed by atoms with E-state index in [1.807, 2.05) is 0 Å². The average Bonchev–Trinajstić information content (AvgIpc) is 2.72. The van der Waals surface area contributed by atoms with Crippen molar-refractivity contribution in [3.8, 4) is 0 Å². The normalized spacial score (nSPS) is 18.0. The monoisotopic (exact) mass is 211 g/mol. The van der Waals surface area contributed by atoms with E-state index in [1.54, 1.807) is 11.7 Å². The minimum Gasteiger partial charge on any atom is -0.348 e. The molecule has 2 rings (SSSR count). The number of amides is 1. The van der Waals surface area contributed by atoms with Gasteiger partial charge in [-0.15, -0.1) is 11.3 Å². The van der Waals surface area contributed by atoms with Crippen LogP contribution in [0.5, 0.6) is 0 Å². The summed E-state index contributed by atoms with van der Waals surface area (Å²) in [5.74, 6) is 0.0133. The van der Waals surface area contributed by atoms with Crippen molar-refractivity contribution in [2.45, 2.75) is 18.9 Å². The summed E-state index contributed by atoms with van der Waals surface area (Å²) in [5, 5.41) is 6.27. The number of hydrogen-bond acceptors (Lipinski definition) is 4. The summed E-state index contributed by atoms with van der Waals surface area (Å²) < 4.78 is 0. The van der Waals surface area contributed by atoms with Crippen LogP contribution in [0.25, 0.3) is 0 Å². The average molecular weight is 211 g/mol. The summed E-state index contributed by atoms with van der Waals surface area (Å²) in [6.07, 6.45) is 3.65. The van der Waals surface area contributed by atoms with Gasteiger partial charge in [0.1, 0.15) is 4.88 Å². The molecule has 14 heavy (non-hydrogen) atoms. The van der Waals surface area contributed by atoms with Gasteiger partial charge in [0, 0.05) is 6.04 Å². The van der Waals surface area contributed by atoms with Crippen molar-refractivity contribution < 1.29 is 4.79 Å². The van der Waals surface area contributed by atoms with Crippen LogP contribution in [0.4, 0.5) is 0 Å². The van der Waals surface area contributed by atoms with Crippen molar-refractivity contribution in [2.24, 2.45) is 0 Å². The molecule has 5 heteroatoms. The summed E-state index contributed by atoms with van der Waals surface area (Å²) in [7, 11) is 0. The molecule has 0 bridgehead atoms. The molecule has 2 N–H and O–H groups in total. The molecule has 0 radical (unpaired) electrons. The van der Waals surface area contributed by atoms with Crippen LogP contribution >= 0.6 is 11.3 Å². The zero-order chi connectivity index (χ0) is 9.80. The zero-order valence-corrected chi connectivity index (χ0v) is 8.64. The van der Waals surface area contributed by atoms with E-state index in [2.05, 4.69) is 15.6 Å². The molecule has 0 aliphatic carbocycles. The van der Waals surface area contributed by atoms with Crippen LogP contribution in [0.1, 0.15) is 22.5 Å². The SMILES string of the molecule is O=C(NC1CCNCC1)c1cncs1. The van der Waals surface area contributed by atoms with Gasteiger partial charge in [-0.05, 0) is 25.9 Å². The highest BCUT2D eigenvalue weighted by atomic mass is 32.1. The predicted octanol–water partition coefficient (Wildman–Crippen LogP) is 0.625. The van der Waals surface area contributed by atoms with E-state index in [0.717, 1.165) is 25.9 Å². The fourth-order valence-electron chi connectivity index (χ4n) is 1.55. The van der Waals surface area contributed by atoms with Gasteiger partial charge in [-0.3, -0.25) is 9.78 Å². The van der Waals surface area contributed by atoms with Gasteiger partial charge in [0.05, 0.1) is 11.7 Å². The van der Waals surface area contributed by atoms with E-state index in [-0.39, 0.29) is 5.91 Å². The van der Waals surface area contributed by atoms with E-state index >= 15 is 0 Å². The fraction of sp³-hybridized carbons (Fsp3) is 0.556. The number of nitrogens with zero attached hydrogens (tertiary/aromatic N) is 1. The standard InChI is InChI=1S/C9H13N3OS/c13-9(8-5-11-6-14-8)12-7-1-3-10-4-2-7/h5-7,10H,1-4H2,(H,12,13). The molecule has 1 amide bonds. The van der Waals surface area contributed by atoms with Crippen molar-refractivity contribution in [1.29, 1.82) is 0 Å². The molecule has 0 aromatic carbocycles. The van der Waals surface area contributed by atoms with Gasteiger partial charge in [-0.25, -0.2) is 0 Å². The lowest BCUT2D eigenvalue weighted by molar-refractivity contribution is 0.0933. The first kappa shape index (κ1) is 9.61. The molecule has 1 saturated heterocycles. The highest BCUT2D eigenvalue weighted by Crippen LogP contribution is 2.08. The lowest BCUT2D eigenvalue weighted by Gasteiger charge is -2.23. The fourth-order valence-corrected chi connectivity index (χ4v) is 2.07. The number of rotatable bonds is 2. The number of carbonyl (C=O) groups excluding carboxylic acids is 1. The Kier molecular flexibility index (Phi) is 3.10. The Morgan fingerprint density at radius 2 is 2.36 bits per heavy atom. The van der Waals surface area contributed by atoms with E-state index in [0.29, 0.717) is 10.9 Å². The zero-order valence-electron chi connectivity index (χ0n) is 7.82. The second-order valence-electron chi connectivity index (χ2n) is 3.36. The van der Waals surface area contributed by atoms with Gasteiger partial charge in [0.2, 0.25) is 0 Å². The van der Waals surface area contributed by atoms with Crippen LogP contribution in [0.2, 0.25) is 0 Å². The number of nitrogens with one attached hydrogen (secondary N) is 2. The van der Waals surface area contributed by atoms with Gasteiger partial charge in [0.25, 0.3) is 5.91 Å². The first-order valence-electron chi connectivity index (χ1n) is 4.76. The van der Waals surface area contributed by atoms with Gasteiger partial charge >= 0.3 is 0 Å². The second-order valence-corrected chi connectivity index (χ2v) is 4.25. The van der Waals surface area contributed by atoms with E-state index in [1.165, 1.54) is 11.3 Å². The Bertz CT molecular complexity index is 293. The molecule has 2 heterocycles. The lowest BCUT2D eigenvalue weighted by atomic mass is 10.1. The molecule has 1 fully saturated rings. The molecule has 0 unspecified atom stereocenters. The minimum absolute atomic E-state index is 0.0133. The Labute approximate surface area is 86.7 Å². The minimum atomic E-state index is 0.0133. The molecular weight excluding hydrogens is 198 g/mol. The largest absolute Gasteiger partial charge is 0.348 e. The predicted molar refractivity (Wildman–Crippen MR) is 55.5 cm³/mol. The Balaban J connectivity index is 1.87. The molecule has 1 aliphatic heterocycles. The maximum Gasteiger partial charge on any atom is 0.263 e. The van der Waals surface area contributed by atoms with Gasteiger partial charge in [-0.2, -0.15) is 0 Å². The van der Waals surface area contributed by atoms with Crippen LogP contribution in [0.3, 0.4) is 0 Å². The van der Waals surface area contributed by atoms with Gasteiger partial charge in [0.15, 0.2) is 0 Å². The van der Waals surface area contributed by atoms with E-state index < -0.39 is 0 Å². The summed E-state index contributed by atoms with van der Waals surface area (Å²) in [6, 6.07) is 0.325. The molecular formula is C9H13N3OS. The molecule has 1 aromatic heterocycles. The van der Waals surface area contributed by atoms with Crippen LogP contribution in [0.15, 0.2) is 11.7 Å². The number of thiazole rings is 1. The van der Waals surface area contributed by atoms with Gasteiger partial charge in [-0.1, -0.05) is 0 Å². The third-order valence-electron chi connectivity index (χ3n) is 2.33. The van der Waals surface area contributed by atoms with E-state index in [4.69, 9.17) is 0 Å². The lowest BCUT2D eigenvalue weighted by Crippen LogP contribution is -2.42. The molecule has 0 saturated carbocycles. The van der Waals surface area contributed by atoms with Gasteiger partial charge < -0.3 is 10.6 Å². The first-order valence-corrected chi connectivity index (χ1v) is 5.64. The third kappa shape index (κ3) is 2.30. The van der Waals surface area contributed by atoms with Crippen LogP contribution in [-0.2, 0) is 0 Å². The van der Waals surface area contributed by atoms with Crippen LogP contribution in [-0.4, -0.2) is 30.0 Å². The summed E-state index contributed by atoms with van der Waals surface area (Å²) >= 11 is 1.38. The Morgan fingerprint density at radius 3 is 3.00 bits per heavy atom. The summed E-state index contributed by atoms with van der Waals surface area (Å²) in [5.41, 5.74) is 1.68. The maximum atomic E-state index is 11.6. The number of piperidine rings is 1. The smallest absolute Gasteiger partial charge is 0.263 e. The topological polar surface area (TPSA) is 54.0 Å². The molecule has 0 spiro atoms. The number of hydrogen-bond donors (Lipinski definition) is 2. The highest BCUT2D eigenvalue weighted by molar-refractivity contribution is 7.11. The Hall–Kier alpha value is -0.940. The second kappa shape index (κ2) is 4.52. The molecule has 4 nitrogen and oxygen atoms in total. The van der Waals surface area contributed by atoms with Crippen molar-refractivity contribution in [1.82, 2.24) is 15.6 Å². The van der Waals surface area contributed by atoms with Crippen molar-refractivity contribution in [3.05, 3.63) is 16.6 Å². The van der Waals surface area contributed by atoms with Crippen LogP contribution < -0.4 is 10.6 Å². The molecule has 76 valence electrons. The summed E-state index contributed by atoms with van der Waals surface area (Å²) in [4.78, 5) is 16.2. The van der Waals surface area contributed by atoms with Crippen molar-refractivity contribution in [3.63, 3.8) is 0 Å². The van der Waals surface area contributed by atoms with Crippen molar-refractivity contribution in [2.75, 3.05) is 13.1 Å². The van der Waals surface area contributed by atoms with Crippen LogP contribution in [0, 0.1) is 0 Å². The quantitative estimate of drug-likeness (QED) is 0.754. The molecule has 1 aliphatic rings. The highest BCUT2D eigenvalue weighted by Gasteiger charge is 2.16. The summed E-state index contributed by atoms with van der Waals surface area (Å²) in [6.45, 7) is 1.99.